The third-order valence-electron chi connectivity index (χ3n) is 6.62. The van der Waals surface area contributed by atoms with Crippen LogP contribution in [0.15, 0.2) is 48.5 Å². The van der Waals surface area contributed by atoms with Gasteiger partial charge in [0.2, 0.25) is 0 Å². The van der Waals surface area contributed by atoms with Gasteiger partial charge in [-0.25, -0.2) is 4.79 Å². The highest BCUT2D eigenvalue weighted by Crippen LogP contribution is 2.39. The van der Waals surface area contributed by atoms with Crippen molar-refractivity contribution in [2.24, 2.45) is 0 Å². The Balaban J connectivity index is 1.49. The molecule has 1 aliphatic carbocycles. The van der Waals surface area contributed by atoms with Gasteiger partial charge in [0.1, 0.15) is 11.9 Å². The van der Waals surface area contributed by atoms with E-state index in [0.717, 1.165) is 48.3 Å². The van der Waals surface area contributed by atoms with Crippen LogP contribution in [0.2, 0.25) is 0 Å². The summed E-state index contributed by atoms with van der Waals surface area (Å²) in [7, 11) is 0. The number of carbonyl (C=O) groups excluding carboxylic acids is 1. The standard InChI is InChI=1S/C29H40O5/c1-3-5-7-8-22-32-26-15-11-24(12-16-26)23-9-13-25(14-10-23)29(31)19-17-27(18-20-29)34-28(30)33-21-6-4-2/h9-16,27,31H,3-8,17-22H2,1-2H3. The zero-order chi connectivity index (χ0) is 24.2. The van der Waals surface area contributed by atoms with Gasteiger partial charge in [0.15, 0.2) is 0 Å². The number of aliphatic hydroxyl groups is 1. The number of ether oxygens (including phenoxy) is 3. The number of rotatable bonds is 12. The number of benzene rings is 2. The summed E-state index contributed by atoms with van der Waals surface area (Å²) in [5.74, 6) is 0.902. The molecule has 0 radical (unpaired) electrons. The van der Waals surface area contributed by atoms with Gasteiger partial charge in [-0.2, -0.15) is 0 Å². The Morgan fingerprint density at radius 3 is 2.09 bits per heavy atom. The van der Waals surface area contributed by atoms with E-state index in [4.69, 9.17) is 14.2 Å². The van der Waals surface area contributed by atoms with Crippen molar-refractivity contribution < 1.29 is 24.1 Å². The quantitative estimate of drug-likeness (QED) is 0.260. The molecular formula is C29H40O5. The highest BCUT2D eigenvalue weighted by Gasteiger charge is 2.36. The fraction of sp³-hybridized carbons (Fsp3) is 0.552. The van der Waals surface area contributed by atoms with E-state index in [-0.39, 0.29) is 6.10 Å². The van der Waals surface area contributed by atoms with E-state index >= 15 is 0 Å². The SMILES string of the molecule is CCCCCCOc1ccc(-c2ccc(C3(O)CCC(OC(=O)OCCCC)CC3)cc2)cc1. The van der Waals surface area contributed by atoms with Crippen LogP contribution in [0, 0.1) is 0 Å². The Morgan fingerprint density at radius 2 is 1.47 bits per heavy atom. The maximum absolute atomic E-state index is 11.8. The van der Waals surface area contributed by atoms with Crippen molar-refractivity contribution in [3.05, 3.63) is 54.1 Å². The summed E-state index contributed by atoms with van der Waals surface area (Å²) in [6.45, 7) is 5.42. The van der Waals surface area contributed by atoms with Crippen molar-refractivity contribution in [2.45, 2.75) is 89.8 Å². The van der Waals surface area contributed by atoms with E-state index in [1.54, 1.807) is 0 Å². The summed E-state index contributed by atoms with van der Waals surface area (Å²) in [4.78, 5) is 11.8. The van der Waals surface area contributed by atoms with Gasteiger partial charge in [-0.1, -0.05) is 75.9 Å². The normalized spacial score (nSPS) is 20.0. The summed E-state index contributed by atoms with van der Waals surface area (Å²) in [6, 6.07) is 16.3. The van der Waals surface area contributed by atoms with Gasteiger partial charge in [-0.3, -0.25) is 0 Å². The molecule has 0 bridgehead atoms. The second-order valence-corrected chi connectivity index (χ2v) is 9.31. The van der Waals surface area contributed by atoms with Crippen molar-refractivity contribution in [1.29, 1.82) is 0 Å². The Hall–Kier alpha value is -2.53. The molecule has 1 saturated carbocycles. The molecule has 1 aliphatic rings. The molecular weight excluding hydrogens is 428 g/mol. The zero-order valence-electron chi connectivity index (χ0n) is 20.8. The molecule has 0 aliphatic heterocycles. The van der Waals surface area contributed by atoms with Crippen molar-refractivity contribution in [2.75, 3.05) is 13.2 Å². The van der Waals surface area contributed by atoms with Crippen molar-refractivity contribution in [3.63, 3.8) is 0 Å². The molecule has 5 heteroatoms. The first-order chi connectivity index (χ1) is 16.5. The first-order valence-corrected chi connectivity index (χ1v) is 12.9. The Kier molecular flexibility index (Phi) is 10.3. The molecule has 186 valence electrons. The lowest BCUT2D eigenvalue weighted by molar-refractivity contribution is -0.0537. The minimum absolute atomic E-state index is 0.193. The lowest BCUT2D eigenvalue weighted by Gasteiger charge is -2.36. The monoisotopic (exact) mass is 468 g/mol. The van der Waals surface area contributed by atoms with E-state index in [1.165, 1.54) is 19.3 Å². The number of unbranched alkanes of at least 4 members (excludes halogenated alkanes) is 4. The second kappa shape index (κ2) is 13.4. The van der Waals surface area contributed by atoms with Crippen LogP contribution < -0.4 is 4.74 Å². The molecule has 34 heavy (non-hydrogen) atoms. The highest BCUT2D eigenvalue weighted by molar-refractivity contribution is 5.64. The average Bonchev–Trinajstić information content (AvgIpc) is 2.86. The lowest BCUT2D eigenvalue weighted by atomic mass is 9.78. The molecule has 0 aromatic heterocycles. The molecule has 0 atom stereocenters. The summed E-state index contributed by atoms with van der Waals surface area (Å²) in [5, 5.41) is 11.2. The molecule has 0 amide bonds. The van der Waals surface area contributed by atoms with Crippen LogP contribution in [0.3, 0.4) is 0 Å². The maximum Gasteiger partial charge on any atom is 0.508 e. The molecule has 0 spiro atoms. The summed E-state index contributed by atoms with van der Waals surface area (Å²) in [5.41, 5.74) is 2.25. The fourth-order valence-electron chi connectivity index (χ4n) is 4.38. The summed E-state index contributed by atoms with van der Waals surface area (Å²) < 4.78 is 16.3. The van der Waals surface area contributed by atoms with Crippen molar-refractivity contribution in [3.8, 4) is 16.9 Å². The molecule has 1 fully saturated rings. The average molecular weight is 469 g/mol. The summed E-state index contributed by atoms with van der Waals surface area (Å²) >= 11 is 0. The number of hydrogen-bond acceptors (Lipinski definition) is 5. The van der Waals surface area contributed by atoms with Gasteiger partial charge in [-0.05, 0) is 67.3 Å². The fourth-order valence-corrected chi connectivity index (χ4v) is 4.38. The highest BCUT2D eigenvalue weighted by atomic mass is 16.7. The molecule has 0 unspecified atom stereocenters. The van der Waals surface area contributed by atoms with Crippen LogP contribution in [-0.4, -0.2) is 30.6 Å². The van der Waals surface area contributed by atoms with Crippen LogP contribution in [-0.2, 0) is 15.1 Å². The van der Waals surface area contributed by atoms with E-state index in [1.807, 2.05) is 31.2 Å². The first-order valence-electron chi connectivity index (χ1n) is 12.9. The van der Waals surface area contributed by atoms with Crippen LogP contribution in [0.4, 0.5) is 4.79 Å². The minimum atomic E-state index is -0.889. The van der Waals surface area contributed by atoms with Crippen LogP contribution in [0.5, 0.6) is 5.75 Å². The molecule has 2 aromatic rings. The van der Waals surface area contributed by atoms with Crippen molar-refractivity contribution >= 4 is 6.16 Å². The van der Waals surface area contributed by atoms with E-state index < -0.39 is 11.8 Å². The summed E-state index contributed by atoms with van der Waals surface area (Å²) in [6.07, 6.45) is 8.19. The maximum atomic E-state index is 11.8. The van der Waals surface area contributed by atoms with Crippen LogP contribution >= 0.6 is 0 Å². The van der Waals surface area contributed by atoms with E-state index in [0.29, 0.717) is 32.3 Å². The van der Waals surface area contributed by atoms with Gasteiger partial charge in [0.05, 0.1) is 18.8 Å². The number of hydrogen-bond donors (Lipinski definition) is 1. The molecule has 3 rings (SSSR count). The predicted molar refractivity (Wildman–Crippen MR) is 135 cm³/mol. The molecule has 0 saturated heterocycles. The van der Waals surface area contributed by atoms with Crippen LogP contribution in [0.1, 0.15) is 83.6 Å². The molecule has 0 heterocycles. The van der Waals surface area contributed by atoms with Crippen molar-refractivity contribution in [1.82, 2.24) is 0 Å². The topological polar surface area (TPSA) is 65.0 Å². The predicted octanol–water partition coefficient (Wildman–Crippen LogP) is 7.40. The van der Waals surface area contributed by atoms with Gasteiger partial charge in [-0.15, -0.1) is 0 Å². The largest absolute Gasteiger partial charge is 0.508 e. The smallest absolute Gasteiger partial charge is 0.494 e. The molecule has 5 nitrogen and oxygen atoms in total. The third-order valence-corrected chi connectivity index (χ3v) is 6.62. The first kappa shape index (κ1) is 26.1. The van der Waals surface area contributed by atoms with Gasteiger partial charge < -0.3 is 19.3 Å². The van der Waals surface area contributed by atoms with E-state index in [2.05, 4.69) is 31.2 Å². The van der Waals surface area contributed by atoms with Gasteiger partial charge >= 0.3 is 6.16 Å². The van der Waals surface area contributed by atoms with E-state index in [9.17, 15) is 9.90 Å². The molecule has 2 aromatic carbocycles. The Bertz CT molecular complexity index is 851. The Labute approximate surface area is 204 Å². The second-order valence-electron chi connectivity index (χ2n) is 9.31. The third kappa shape index (κ3) is 7.76. The van der Waals surface area contributed by atoms with Gasteiger partial charge in [0.25, 0.3) is 0 Å². The minimum Gasteiger partial charge on any atom is -0.494 e. The zero-order valence-corrected chi connectivity index (χ0v) is 20.8. The lowest BCUT2D eigenvalue weighted by Crippen LogP contribution is -2.35. The molecule has 1 N–H and O–H groups in total. The van der Waals surface area contributed by atoms with Crippen LogP contribution in [0.25, 0.3) is 11.1 Å². The number of carbonyl (C=O) groups is 1. The van der Waals surface area contributed by atoms with Gasteiger partial charge in [0, 0.05) is 0 Å². The Morgan fingerprint density at radius 1 is 0.853 bits per heavy atom.